The van der Waals surface area contributed by atoms with Gasteiger partial charge in [0.05, 0.1) is 28.0 Å². The second-order valence-electron chi connectivity index (χ2n) is 7.08. The van der Waals surface area contributed by atoms with Crippen molar-refractivity contribution < 1.29 is 14.7 Å². The molecule has 25 heavy (non-hydrogen) atoms. The van der Waals surface area contributed by atoms with E-state index in [1.54, 1.807) is 17.0 Å². The molecule has 4 rings (SSSR count). The smallest absolute Gasteiger partial charge is 0.237 e. The molecule has 6 nitrogen and oxygen atoms in total. The number of nitrogens with zero attached hydrogens (tertiary/aromatic N) is 1. The summed E-state index contributed by atoms with van der Waals surface area (Å²) in [5.74, 6) is -0.208. The highest BCUT2D eigenvalue weighted by Crippen LogP contribution is 2.47. The Hall–Kier alpha value is -1.34. The van der Waals surface area contributed by atoms with Gasteiger partial charge in [-0.05, 0) is 30.5 Å². The molecule has 1 aromatic carbocycles. The number of hydrogen-bond donors (Lipinski definition) is 3. The first-order valence-corrected chi connectivity index (χ1v) is 9.14. The fourth-order valence-electron chi connectivity index (χ4n) is 4.22. The summed E-state index contributed by atoms with van der Waals surface area (Å²) in [7, 11) is 0. The van der Waals surface area contributed by atoms with Gasteiger partial charge in [-0.15, -0.1) is 0 Å². The number of halogens is 2. The molecule has 0 aromatic heterocycles. The van der Waals surface area contributed by atoms with Gasteiger partial charge in [-0.2, -0.15) is 0 Å². The predicted molar refractivity (Wildman–Crippen MR) is 95.0 cm³/mol. The summed E-state index contributed by atoms with van der Waals surface area (Å²) in [6.45, 7) is 1.48. The number of anilines is 1. The van der Waals surface area contributed by atoms with Crippen LogP contribution >= 0.6 is 23.2 Å². The Balaban J connectivity index is 1.57. The van der Waals surface area contributed by atoms with Crippen molar-refractivity contribution in [2.24, 2.45) is 5.92 Å². The van der Waals surface area contributed by atoms with Crippen LogP contribution in [0.5, 0.6) is 0 Å². The Bertz CT molecular complexity index is 757. The molecule has 134 valence electrons. The molecule has 3 N–H and O–H groups in total. The van der Waals surface area contributed by atoms with Crippen LogP contribution < -0.4 is 10.6 Å². The summed E-state index contributed by atoms with van der Waals surface area (Å²) in [6, 6.07) is 3.38. The fourth-order valence-corrected chi connectivity index (χ4v) is 4.55. The first kappa shape index (κ1) is 17.1. The van der Waals surface area contributed by atoms with Crippen molar-refractivity contribution in [3.8, 4) is 0 Å². The van der Waals surface area contributed by atoms with Gasteiger partial charge in [-0.1, -0.05) is 23.2 Å². The van der Waals surface area contributed by atoms with Crippen LogP contribution in [0.15, 0.2) is 12.1 Å². The van der Waals surface area contributed by atoms with Crippen LogP contribution in [0.1, 0.15) is 18.4 Å². The van der Waals surface area contributed by atoms with Crippen molar-refractivity contribution in [2.75, 3.05) is 31.6 Å². The monoisotopic (exact) mass is 383 g/mol. The van der Waals surface area contributed by atoms with Crippen molar-refractivity contribution in [2.45, 2.75) is 24.3 Å². The molecule has 3 atom stereocenters. The van der Waals surface area contributed by atoms with Crippen LogP contribution in [0.25, 0.3) is 0 Å². The molecule has 8 heteroatoms. The van der Waals surface area contributed by atoms with Crippen LogP contribution in [0.2, 0.25) is 10.0 Å². The number of carbonyl (C=O) groups excluding carboxylic acids is 2. The number of aliphatic hydroxyl groups is 1. The number of benzene rings is 1. The SMILES string of the molecule is O=C([C@H]1CN[C@H](CO)C1)N1CC[C@]2(C1)C(=O)Nc1cc(Cl)c(Cl)cc12. The summed E-state index contributed by atoms with van der Waals surface area (Å²) in [5, 5.41) is 16.1. The predicted octanol–water partition coefficient (Wildman–Crippen LogP) is 1.39. The lowest BCUT2D eigenvalue weighted by Crippen LogP contribution is -2.41. The molecule has 1 aromatic rings. The molecular formula is C17H19Cl2N3O3. The molecule has 0 bridgehead atoms. The van der Waals surface area contributed by atoms with E-state index in [1.165, 1.54) is 0 Å². The van der Waals surface area contributed by atoms with E-state index >= 15 is 0 Å². The average Bonchev–Trinajstić information content (AvgIpc) is 3.29. The van der Waals surface area contributed by atoms with Crippen LogP contribution in [-0.2, 0) is 15.0 Å². The number of hydrogen-bond acceptors (Lipinski definition) is 4. The maximum absolute atomic E-state index is 12.8. The van der Waals surface area contributed by atoms with Gasteiger partial charge < -0.3 is 20.6 Å². The second-order valence-corrected chi connectivity index (χ2v) is 7.89. The fraction of sp³-hybridized carbons (Fsp3) is 0.529. The first-order chi connectivity index (χ1) is 11.9. The van der Waals surface area contributed by atoms with E-state index in [4.69, 9.17) is 23.2 Å². The van der Waals surface area contributed by atoms with E-state index in [1.807, 2.05) is 0 Å². The van der Waals surface area contributed by atoms with Gasteiger partial charge in [0, 0.05) is 31.4 Å². The Morgan fingerprint density at radius 1 is 1.36 bits per heavy atom. The third-order valence-electron chi connectivity index (χ3n) is 5.63. The topological polar surface area (TPSA) is 81.7 Å². The first-order valence-electron chi connectivity index (χ1n) is 8.38. The van der Waals surface area contributed by atoms with Crippen molar-refractivity contribution in [3.63, 3.8) is 0 Å². The molecular weight excluding hydrogens is 365 g/mol. The maximum Gasteiger partial charge on any atom is 0.237 e. The number of rotatable bonds is 2. The Kier molecular flexibility index (Phi) is 4.19. The van der Waals surface area contributed by atoms with Crippen LogP contribution in [0.4, 0.5) is 5.69 Å². The number of aliphatic hydroxyl groups excluding tert-OH is 1. The molecule has 0 aliphatic carbocycles. The van der Waals surface area contributed by atoms with E-state index < -0.39 is 5.41 Å². The number of carbonyl (C=O) groups is 2. The van der Waals surface area contributed by atoms with Gasteiger partial charge in [0.25, 0.3) is 0 Å². The Labute approximate surface area is 155 Å². The number of nitrogens with one attached hydrogen (secondary N) is 2. The molecule has 0 saturated carbocycles. The molecule has 0 radical (unpaired) electrons. The van der Waals surface area contributed by atoms with Crippen LogP contribution in [-0.4, -0.2) is 54.1 Å². The summed E-state index contributed by atoms with van der Waals surface area (Å²) in [4.78, 5) is 27.3. The molecule has 2 amide bonds. The highest BCUT2D eigenvalue weighted by Gasteiger charge is 2.53. The van der Waals surface area contributed by atoms with Gasteiger partial charge in [0.1, 0.15) is 0 Å². The van der Waals surface area contributed by atoms with Gasteiger partial charge in [-0.25, -0.2) is 0 Å². The minimum Gasteiger partial charge on any atom is -0.395 e. The zero-order valence-electron chi connectivity index (χ0n) is 13.5. The summed E-state index contributed by atoms with van der Waals surface area (Å²) in [6.07, 6.45) is 1.20. The van der Waals surface area contributed by atoms with Gasteiger partial charge in [0.15, 0.2) is 0 Å². The molecule has 1 spiro atoms. The van der Waals surface area contributed by atoms with Gasteiger partial charge in [-0.3, -0.25) is 9.59 Å². The number of likely N-dealkylation sites (tertiary alicyclic amines) is 1. The maximum atomic E-state index is 12.8. The Morgan fingerprint density at radius 3 is 2.84 bits per heavy atom. The van der Waals surface area contributed by atoms with Crippen molar-refractivity contribution in [1.82, 2.24) is 10.2 Å². The number of fused-ring (bicyclic) bond motifs is 2. The second kappa shape index (κ2) is 6.13. The molecule has 3 aliphatic rings. The zero-order chi connectivity index (χ0) is 17.8. The highest BCUT2D eigenvalue weighted by molar-refractivity contribution is 6.42. The van der Waals surface area contributed by atoms with Crippen LogP contribution in [0, 0.1) is 5.92 Å². The number of amides is 2. The van der Waals surface area contributed by atoms with E-state index in [0.717, 1.165) is 5.56 Å². The van der Waals surface area contributed by atoms with Gasteiger partial charge >= 0.3 is 0 Å². The van der Waals surface area contributed by atoms with E-state index in [9.17, 15) is 14.7 Å². The highest BCUT2D eigenvalue weighted by atomic mass is 35.5. The standard InChI is InChI=1S/C17H19Cl2N3O3/c18-12-4-11-14(5-13(12)19)21-16(25)17(11)1-2-22(8-17)15(24)9-3-10(7-23)20-6-9/h4-5,9-10,20,23H,1-3,6-8H2,(H,21,25)/t9-,10+,17-/m1/s1. The van der Waals surface area contributed by atoms with Gasteiger partial charge in [0.2, 0.25) is 11.8 Å². The minimum absolute atomic E-state index is 0.0260. The quantitative estimate of drug-likeness (QED) is 0.720. The Morgan fingerprint density at radius 2 is 2.12 bits per heavy atom. The van der Waals surface area contributed by atoms with Crippen molar-refractivity contribution in [3.05, 3.63) is 27.7 Å². The van der Waals surface area contributed by atoms with Crippen molar-refractivity contribution in [1.29, 1.82) is 0 Å². The molecule has 3 heterocycles. The van der Waals surface area contributed by atoms with E-state index in [-0.39, 0.29) is 30.4 Å². The molecule has 2 fully saturated rings. The largest absolute Gasteiger partial charge is 0.395 e. The lowest BCUT2D eigenvalue weighted by atomic mass is 9.81. The normalized spacial score (nSPS) is 30.8. The third kappa shape index (κ3) is 2.63. The molecule has 0 unspecified atom stereocenters. The zero-order valence-corrected chi connectivity index (χ0v) is 15.0. The van der Waals surface area contributed by atoms with E-state index in [0.29, 0.717) is 48.2 Å². The molecule has 3 aliphatic heterocycles. The summed E-state index contributed by atoms with van der Waals surface area (Å²) >= 11 is 12.2. The third-order valence-corrected chi connectivity index (χ3v) is 6.35. The summed E-state index contributed by atoms with van der Waals surface area (Å²) in [5.41, 5.74) is 0.748. The van der Waals surface area contributed by atoms with E-state index in [2.05, 4.69) is 10.6 Å². The van der Waals surface area contributed by atoms with Crippen molar-refractivity contribution >= 4 is 40.7 Å². The van der Waals surface area contributed by atoms with Crippen LogP contribution in [0.3, 0.4) is 0 Å². The summed E-state index contributed by atoms with van der Waals surface area (Å²) < 4.78 is 0. The minimum atomic E-state index is -0.748. The lowest BCUT2D eigenvalue weighted by molar-refractivity contribution is -0.134. The molecule has 2 saturated heterocycles. The lowest BCUT2D eigenvalue weighted by Gasteiger charge is -2.24. The average molecular weight is 384 g/mol.